The lowest BCUT2D eigenvalue weighted by Crippen LogP contribution is -2.36. The van der Waals surface area contributed by atoms with E-state index in [1.165, 1.54) is 28.1 Å². The molecule has 1 aromatic carbocycles. The predicted octanol–water partition coefficient (Wildman–Crippen LogP) is 4.18. The van der Waals surface area contributed by atoms with Crippen LogP contribution in [0, 0.1) is 6.92 Å². The summed E-state index contributed by atoms with van der Waals surface area (Å²) in [5, 5.41) is 0. The highest BCUT2D eigenvalue weighted by Gasteiger charge is 2.25. The van der Waals surface area contributed by atoms with Crippen LogP contribution in [0.3, 0.4) is 0 Å². The van der Waals surface area contributed by atoms with Crippen molar-refractivity contribution in [3.63, 3.8) is 0 Å². The minimum atomic E-state index is 0.0824. The van der Waals surface area contributed by atoms with Crippen molar-refractivity contribution in [1.82, 2.24) is 9.55 Å². The van der Waals surface area contributed by atoms with Gasteiger partial charge in [0.05, 0.1) is 12.5 Å². The van der Waals surface area contributed by atoms with E-state index in [0.717, 1.165) is 5.69 Å². The Morgan fingerprint density at radius 2 is 1.71 bits per heavy atom. The third kappa shape index (κ3) is 2.86. The van der Waals surface area contributed by atoms with Crippen LogP contribution in [0.15, 0.2) is 48.9 Å². The molecule has 124 valence electrons. The van der Waals surface area contributed by atoms with Crippen molar-refractivity contribution in [1.29, 1.82) is 0 Å². The normalized spacial score (nSPS) is 11.8. The maximum Gasteiger partial charge on any atom is 0.231 e. The van der Waals surface area contributed by atoms with Crippen LogP contribution < -0.4 is 4.57 Å². The second kappa shape index (κ2) is 5.90. The Kier molecular flexibility index (Phi) is 4.04. The lowest BCUT2D eigenvalue weighted by molar-refractivity contribution is -0.649. The van der Waals surface area contributed by atoms with Crippen LogP contribution in [0.1, 0.15) is 31.9 Å². The molecule has 0 bridgehead atoms. The molecule has 0 aliphatic heterocycles. The number of hydrogen-bond donors (Lipinski definition) is 0. The van der Waals surface area contributed by atoms with E-state index in [9.17, 15) is 0 Å². The van der Waals surface area contributed by atoms with Crippen LogP contribution in [0.2, 0.25) is 0 Å². The molecule has 0 aliphatic rings. The number of imidazole rings is 1. The molecule has 0 radical (unpaired) electrons. The van der Waals surface area contributed by atoms with Gasteiger partial charge in [-0.3, -0.25) is 0 Å². The maximum atomic E-state index is 4.30. The van der Waals surface area contributed by atoms with Crippen LogP contribution in [0.4, 0.5) is 0 Å². The highest BCUT2D eigenvalue weighted by atomic mass is 15.1. The monoisotopic (exact) mass is 320 g/mol. The van der Waals surface area contributed by atoms with E-state index in [2.05, 4.69) is 85.3 Å². The van der Waals surface area contributed by atoms with Crippen LogP contribution in [-0.4, -0.2) is 9.55 Å². The van der Waals surface area contributed by atoms with Gasteiger partial charge >= 0.3 is 0 Å². The molecular formula is C21H26N3+. The summed E-state index contributed by atoms with van der Waals surface area (Å²) in [5.41, 5.74) is 7.51. The van der Waals surface area contributed by atoms with Gasteiger partial charge in [-0.15, -0.1) is 0 Å². The average Bonchev–Trinajstić information content (AvgIpc) is 2.93. The van der Waals surface area contributed by atoms with Gasteiger partial charge in [-0.05, 0) is 29.5 Å². The van der Waals surface area contributed by atoms with Gasteiger partial charge in [0.1, 0.15) is 12.7 Å². The SMILES string of the molecule is Cc1ccccc1-c1cc(C(C)(C)C)cc(-c2cncn2C)[n+]1C. The molecule has 3 aromatic rings. The van der Waals surface area contributed by atoms with E-state index >= 15 is 0 Å². The number of hydrogen-bond acceptors (Lipinski definition) is 1. The molecule has 3 heteroatoms. The molecule has 0 amide bonds. The molecule has 0 atom stereocenters. The summed E-state index contributed by atoms with van der Waals surface area (Å²) in [7, 11) is 4.18. The minimum absolute atomic E-state index is 0.0824. The largest absolute Gasteiger partial charge is 0.329 e. The van der Waals surface area contributed by atoms with E-state index in [-0.39, 0.29) is 5.41 Å². The Bertz CT molecular complexity index is 882. The number of rotatable bonds is 2. The second-order valence-corrected chi connectivity index (χ2v) is 7.53. The van der Waals surface area contributed by atoms with Crippen LogP contribution >= 0.6 is 0 Å². The minimum Gasteiger partial charge on any atom is -0.329 e. The molecule has 24 heavy (non-hydrogen) atoms. The molecule has 2 heterocycles. The first-order chi connectivity index (χ1) is 11.3. The molecule has 0 spiro atoms. The quantitative estimate of drug-likeness (QED) is 0.649. The van der Waals surface area contributed by atoms with Crippen molar-refractivity contribution in [3.05, 3.63) is 60.0 Å². The summed E-state index contributed by atoms with van der Waals surface area (Å²) in [4.78, 5) is 4.30. The first-order valence-electron chi connectivity index (χ1n) is 8.36. The van der Waals surface area contributed by atoms with Gasteiger partial charge in [0.15, 0.2) is 0 Å². The van der Waals surface area contributed by atoms with Crippen molar-refractivity contribution in [2.45, 2.75) is 33.1 Å². The van der Waals surface area contributed by atoms with E-state index in [1.807, 2.05) is 19.6 Å². The number of nitrogens with zero attached hydrogens (tertiary/aromatic N) is 3. The second-order valence-electron chi connectivity index (χ2n) is 7.53. The summed E-state index contributed by atoms with van der Waals surface area (Å²) < 4.78 is 4.35. The Hall–Kier alpha value is -2.42. The van der Waals surface area contributed by atoms with Crippen molar-refractivity contribution >= 4 is 0 Å². The smallest absolute Gasteiger partial charge is 0.231 e. The first-order valence-corrected chi connectivity index (χ1v) is 8.36. The zero-order valence-electron chi connectivity index (χ0n) is 15.5. The van der Waals surface area contributed by atoms with Gasteiger partial charge in [-0.25, -0.2) is 4.98 Å². The number of benzene rings is 1. The van der Waals surface area contributed by atoms with E-state index < -0.39 is 0 Å². The molecule has 0 unspecified atom stereocenters. The van der Waals surface area contributed by atoms with Gasteiger partial charge in [0.25, 0.3) is 0 Å². The van der Waals surface area contributed by atoms with E-state index in [0.29, 0.717) is 0 Å². The summed E-state index contributed by atoms with van der Waals surface area (Å²) in [5.74, 6) is 0. The Morgan fingerprint density at radius 3 is 2.29 bits per heavy atom. The standard InChI is InChI=1S/C21H26N3/c1-15-9-7-8-10-17(15)18-11-16(21(2,3)4)12-19(24(18)6)20-13-22-14-23(20)5/h7-14H,1-6H3/q+1. The molecule has 0 aliphatic carbocycles. The van der Waals surface area contributed by atoms with Crippen LogP contribution in [0.5, 0.6) is 0 Å². The van der Waals surface area contributed by atoms with Crippen molar-refractivity contribution in [2.24, 2.45) is 14.1 Å². The fraction of sp³-hybridized carbons (Fsp3) is 0.333. The maximum absolute atomic E-state index is 4.30. The fourth-order valence-corrected chi connectivity index (χ4v) is 3.06. The van der Waals surface area contributed by atoms with Crippen molar-refractivity contribution < 1.29 is 4.57 Å². The lowest BCUT2D eigenvalue weighted by atomic mass is 9.85. The van der Waals surface area contributed by atoms with Gasteiger partial charge < -0.3 is 4.57 Å². The van der Waals surface area contributed by atoms with E-state index in [1.54, 1.807) is 0 Å². The van der Waals surface area contributed by atoms with Crippen LogP contribution in [0.25, 0.3) is 22.6 Å². The zero-order chi connectivity index (χ0) is 17.5. The van der Waals surface area contributed by atoms with Gasteiger partial charge in [-0.1, -0.05) is 39.0 Å². The lowest BCUT2D eigenvalue weighted by Gasteiger charge is -2.20. The molecule has 0 saturated carbocycles. The summed E-state index contributed by atoms with van der Waals surface area (Å²) in [6.07, 6.45) is 3.79. The highest BCUT2D eigenvalue weighted by Crippen LogP contribution is 2.30. The summed E-state index contributed by atoms with van der Waals surface area (Å²) >= 11 is 0. The average molecular weight is 320 g/mol. The Morgan fingerprint density at radius 1 is 1.04 bits per heavy atom. The highest BCUT2D eigenvalue weighted by molar-refractivity contribution is 5.64. The summed E-state index contributed by atoms with van der Waals surface area (Å²) in [6.45, 7) is 8.95. The molecule has 3 rings (SSSR count). The zero-order valence-corrected chi connectivity index (χ0v) is 15.5. The van der Waals surface area contributed by atoms with Gasteiger partial charge in [-0.2, -0.15) is 4.57 Å². The number of pyridine rings is 1. The predicted molar refractivity (Wildman–Crippen MR) is 98.7 cm³/mol. The third-order valence-corrected chi connectivity index (χ3v) is 4.67. The molecule has 0 fully saturated rings. The molecule has 0 N–H and O–H groups in total. The van der Waals surface area contributed by atoms with Crippen molar-refractivity contribution in [3.8, 4) is 22.6 Å². The van der Waals surface area contributed by atoms with Gasteiger partial charge in [0.2, 0.25) is 11.4 Å². The fourth-order valence-electron chi connectivity index (χ4n) is 3.06. The first kappa shape index (κ1) is 16.4. The Labute approximate surface area is 144 Å². The van der Waals surface area contributed by atoms with Gasteiger partial charge in [0, 0.05) is 24.7 Å². The molecular weight excluding hydrogens is 294 g/mol. The van der Waals surface area contributed by atoms with Crippen LogP contribution in [-0.2, 0) is 19.5 Å². The van der Waals surface area contributed by atoms with Crippen molar-refractivity contribution in [2.75, 3.05) is 0 Å². The topological polar surface area (TPSA) is 21.7 Å². The third-order valence-electron chi connectivity index (χ3n) is 4.67. The number of aromatic nitrogens is 3. The molecule has 3 nitrogen and oxygen atoms in total. The van der Waals surface area contributed by atoms with E-state index in [4.69, 9.17) is 0 Å². The molecule has 0 saturated heterocycles. The summed E-state index contributed by atoms with van der Waals surface area (Å²) in [6, 6.07) is 13.2. The molecule has 2 aromatic heterocycles. The Balaban J connectivity index is 2.34. The number of aryl methyl sites for hydroxylation is 2.